The third kappa shape index (κ3) is 4.65. The summed E-state index contributed by atoms with van der Waals surface area (Å²) in [6.07, 6.45) is 1.78. The standard InChI is InChI=1S/C20H28N2O2/c1-4-16-12-18(13-20(23-3)19(16)14-21)24-11-10-15-6-8-17(9-7-15)22-5-2/h6-9,12-13,22H,4-5,10-11,14,21H2,1-3H3. The van der Waals surface area contributed by atoms with E-state index in [0.717, 1.165) is 42.1 Å². The lowest BCUT2D eigenvalue weighted by Gasteiger charge is -2.15. The van der Waals surface area contributed by atoms with Crippen LogP contribution in [0.25, 0.3) is 0 Å². The molecular formula is C20H28N2O2. The molecular weight excluding hydrogens is 300 g/mol. The van der Waals surface area contributed by atoms with E-state index in [9.17, 15) is 0 Å². The number of nitrogens with one attached hydrogen (secondary N) is 1. The van der Waals surface area contributed by atoms with E-state index in [1.807, 2.05) is 6.07 Å². The highest BCUT2D eigenvalue weighted by molar-refractivity contribution is 5.47. The van der Waals surface area contributed by atoms with Crippen LogP contribution in [0.3, 0.4) is 0 Å². The van der Waals surface area contributed by atoms with Gasteiger partial charge in [0.15, 0.2) is 0 Å². The zero-order valence-corrected chi connectivity index (χ0v) is 14.9. The molecule has 0 unspecified atom stereocenters. The first-order chi connectivity index (χ1) is 11.7. The summed E-state index contributed by atoms with van der Waals surface area (Å²) >= 11 is 0. The molecule has 0 saturated carbocycles. The summed E-state index contributed by atoms with van der Waals surface area (Å²) in [5, 5.41) is 3.30. The molecule has 2 aromatic rings. The van der Waals surface area contributed by atoms with Gasteiger partial charge in [-0.2, -0.15) is 0 Å². The van der Waals surface area contributed by atoms with E-state index in [4.69, 9.17) is 15.2 Å². The molecule has 0 bridgehead atoms. The van der Waals surface area contributed by atoms with Gasteiger partial charge in [-0.1, -0.05) is 19.1 Å². The van der Waals surface area contributed by atoms with Gasteiger partial charge in [-0.05, 0) is 42.7 Å². The van der Waals surface area contributed by atoms with Gasteiger partial charge in [-0.25, -0.2) is 0 Å². The van der Waals surface area contributed by atoms with Crippen LogP contribution in [0, 0.1) is 0 Å². The fraction of sp³-hybridized carbons (Fsp3) is 0.400. The Bertz CT molecular complexity index is 614. The Hall–Kier alpha value is -2.20. The summed E-state index contributed by atoms with van der Waals surface area (Å²) in [5.41, 5.74) is 10.5. The number of methoxy groups -OCH3 is 1. The van der Waals surface area contributed by atoms with Crippen molar-refractivity contribution in [1.82, 2.24) is 0 Å². The molecule has 0 aromatic heterocycles. The number of benzene rings is 2. The van der Waals surface area contributed by atoms with Gasteiger partial charge in [-0.15, -0.1) is 0 Å². The summed E-state index contributed by atoms with van der Waals surface area (Å²) in [5.74, 6) is 1.65. The van der Waals surface area contributed by atoms with E-state index in [-0.39, 0.29) is 0 Å². The summed E-state index contributed by atoms with van der Waals surface area (Å²) in [6, 6.07) is 12.5. The molecule has 0 radical (unpaired) electrons. The topological polar surface area (TPSA) is 56.5 Å². The molecule has 24 heavy (non-hydrogen) atoms. The average molecular weight is 328 g/mol. The van der Waals surface area contributed by atoms with Crippen molar-refractivity contribution in [1.29, 1.82) is 0 Å². The Balaban J connectivity index is 1.98. The molecule has 0 fully saturated rings. The normalized spacial score (nSPS) is 10.5. The highest BCUT2D eigenvalue weighted by Gasteiger charge is 2.10. The van der Waals surface area contributed by atoms with Crippen LogP contribution in [0.1, 0.15) is 30.5 Å². The largest absolute Gasteiger partial charge is 0.496 e. The first-order valence-corrected chi connectivity index (χ1v) is 8.57. The van der Waals surface area contributed by atoms with Crippen LogP contribution >= 0.6 is 0 Å². The number of rotatable bonds is 9. The van der Waals surface area contributed by atoms with Gasteiger partial charge in [0.05, 0.1) is 13.7 Å². The van der Waals surface area contributed by atoms with Gasteiger partial charge in [0.2, 0.25) is 0 Å². The first kappa shape index (κ1) is 18.1. The Kier molecular flexibility index (Phi) is 6.94. The number of ether oxygens (including phenoxy) is 2. The molecule has 4 heteroatoms. The van der Waals surface area contributed by atoms with E-state index < -0.39 is 0 Å². The maximum absolute atomic E-state index is 5.94. The Morgan fingerprint density at radius 2 is 1.83 bits per heavy atom. The number of aryl methyl sites for hydroxylation is 1. The SMILES string of the molecule is CCNc1ccc(CCOc2cc(CC)c(CN)c(OC)c2)cc1. The molecule has 0 atom stereocenters. The third-order valence-corrected chi connectivity index (χ3v) is 4.07. The lowest BCUT2D eigenvalue weighted by molar-refractivity contribution is 0.318. The van der Waals surface area contributed by atoms with Crippen molar-refractivity contribution in [3.8, 4) is 11.5 Å². The average Bonchev–Trinajstić information content (AvgIpc) is 2.62. The number of hydrogen-bond acceptors (Lipinski definition) is 4. The highest BCUT2D eigenvalue weighted by Crippen LogP contribution is 2.29. The number of hydrogen-bond donors (Lipinski definition) is 2. The number of anilines is 1. The van der Waals surface area contributed by atoms with Gasteiger partial charge >= 0.3 is 0 Å². The Morgan fingerprint density at radius 3 is 2.42 bits per heavy atom. The van der Waals surface area contributed by atoms with Gasteiger partial charge in [-0.3, -0.25) is 0 Å². The monoisotopic (exact) mass is 328 g/mol. The van der Waals surface area contributed by atoms with Gasteiger partial charge in [0.1, 0.15) is 11.5 Å². The Morgan fingerprint density at radius 1 is 1.08 bits per heavy atom. The molecule has 0 aliphatic carbocycles. The molecule has 2 rings (SSSR count). The van der Waals surface area contributed by atoms with Crippen molar-refractivity contribution < 1.29 is 9.47 Å². The van der Waals surface area contributed by atoms with Crippen molar-refractivity contribution in [2.24, 2.45) is 5.73 Å². The number of nitrogens with two attached hydrogens (primary N) is 1. The molecule has 0 aliphatic heterocycles. The second kappa shape index (κ2) is 9.18. The molecule has 3 N–H and O–H groups in total. The lowest BCUT2D eigenvalue weighted by Crippen LogP contribution is -2.07. The maximum atomic E-state index is 5.94. The smallest absolute Gasteiger partial charge is 0.127 e. The van der Waals surface area contributed by atoms with Crippen molar-refractivity contribution >= 4 is 5.69 Å². The summed E-state index contributed by atoms with van der Waals surface area (Å²) in [7, 11) is 1.67. The predicted molar refractivity (Wildman–Crippen MR) is 100 cm³/mol. The van der Waals surface area contributed by atoms with Crippen LogP contribution in [0.5, 0.6) is 11.5 Å². The van der Waals surface area contributed by atoms with Gasteiger partial charge < -0.3 is 20.5 Å². The van der Waals surface area contributed by atoms with E-state index >= 15 is 0 Å². The Labute approximate surface area is 145 Å². The first-order valence-electron chi connectivity index (χ1n) is 8.57. The minimum atomic E-state index is 0.477. The quantitative estimate of drug-likeness (QED) is 0.736. The minimum absolute atomic E-state index is 0.477. The summed E-state index contributed by atoms with van der Waals surface area (Å²) in [4.78, 5) is 0. The molecule has 0 spiro atoms. The van der Waals surface area contributed by atoms with Crippen molar-refractivity contribution in [2.45, 2.75) is 33.2 Å². The zero-order valence-electron chi connectivity index (χ0n) is 14.9. The van der Waals surface area contributed by atoms with Crippen LogP contribution in [-0.2, 0) is 19.4 Å². The van der Waals surface area contributed by atoms with Gasteiger partial charge in [0.25, 0.3) is 0 Å². The molecule has 4 nitrogen and oxygen atoms in total. The highest BCUT2D eigenvalue weighted by atomic mass is 16.5. The lowest BCUT2D eigenvalue weighted by atomic mass is 10.0. The third-order valence-electron chi connectivity index (χ3n) is 4.07. The molecule has 0 aliphatic rings. The fourth-order valence-corrected chi connectivity index (χ4v) is 2.77. The van der Waals surface area contributed by atoms with Crippen LogP contribution < -0.4 is 20.5 Å². The molecule has 2 aromatic carbocycles. The maximum Gasteiger partial charge on any atom is 0.127 e. The zero-order chi connectivity index (χ0) is 17.4. The van der Waals surface area contributed by atoms with Crippen molar-refractivity contribution in [3.63, 3.8) is 0 Å². The predicted octanol–water partition coefficient (Wildman–Crippen LogP) is 3.77. The van der Waals surface area contributed by atoms with Crippen molar-refractivity contribution in [2.75, 3.05) is 25.6 Å². The summed E-state index contributed by atoms with van der Waals surface area (Å²) < 4.78 is 11.4. The second-order valence-corrected chi connectivity index (χ2v) is 5.65. The molecule has 0 saturated heterocycles. The van der Waals surface area contributed by atoms with E-state index in [0.29, 0.717) is 13.2 Å². The van der Waals surface area contributed by atoms with E-state index in [1.165, 1.54) is 11.1 Å². The minimum Gasteiger partial charge on any atom is -0.496 e. The van der Waals surface area contributed by atoms with Crippen LogP contribution in [0.2, 0.25) is 0 Å². The van der Waals surface area contributed by atoms with Crippen molar-refractivity contribution in [3.05, 3.63) is 53.1 Å². The van der Waals surface area contributed by atoms with E-state index in [2.05, 4.69) is 49.5 Å². The molecule has 0 heterocycles. The second-order valence-electron chi connectivity index (χ2n) is 5.65. The fourth-order valence-electron chi connectivity index (χ4n) is 2.77. The molecule has 0 amide bonds. The van der Waals surface area contributed by atoms with Crippen LogP contribution in [-0.4, -0.2) is 20.3 Å². The van der Waals surface area contributed by atoms with Crippen LogP contribution in [0.15, 0.2) is 36.4 Å². The van der Waals surface area contributed by atoms with Crippen LogP contribution in [0.4, 0.5) is 5.69 Å². The molecule has 130 valence electrons. The summed E-state index contributed by atoms with van der Waals surface area (Å²) in [6.45, 7) is 6.25. The van der Waals surface area contributed by atoms with E-state index in [1.54, 1.807) is 7.11 Å². The van der Waals surface area contributed by atoms with Gasteiger partial charge in [0, 0.05) is 36.8 Å².